The average molecular weight is 390 g/mol. The van der Waals surface area contributed by atoms with Gasteiger partial charge in [0.1, 0.15) is 10.6 Å². The zero-order chi connectivity index (χ0) is 20.8. The molecule has 0 saturated carbocycles. The van der Waals surface area contributed by atoms with Gasteiger partial charge in [-0.05, 0) is 25.0 Å². The summed E-state index contributed by atoms with van der Waals surface area (Å²) in [4.78, 5) is 48.9. The molecule has 0 aliphatic carbocycles. The molecule has 2 heterocycles. The van der Waals surface area contributed by atoms with Crippen LogP contribution in [0.4, 0.5) is 11.6 Å². The monoisotopic (exact) mass is 390 g/mol. The van der Waals surface area contributed by atoms with Crippen molar-refractivity contribution in [3.05, 3.63) is 56.2 Å². The quantitative estimate of drug-likeness (QED) is 0.544. The summed E-state index contributed by atoms with van der Waals surface area (Å²) in [6.07, 6.45) is 2.99. The van der Waals surface area contributed by atoms with Crippen molar-refractivity contribution < 1.29 is 18.9 Å². The number of aryl methyl sites for hydroxylation is 1. The molecule has 0 atom stereocenters. The molecule has 0 unspecified atom stereocenters. The third kappa shape index (κ3) is 4.64. The third-order valence-corrected chi connectivity index (χ3v) is 3.95. The fourth-order valence-corrected chi connectivity index (χ4v) is 2.69. The van der Waals surface area contributed by atoms with Crippen molar-refractivity contribution in [2.45, 2.75) is 26.7 Å². The number of rotatable bonds is 8. The van der Waals surface area contributed by atoms with Crippen LogP contribution in [-0.2, 0) is 7.05 Å². The third-order valence-electron chi connectivity index (χ3n) is 3.95. The van der Waals surface area contributed by atoms with E-state index in [9.17, 15) is 24.5 Å². The first kappa shape index (κ1) is 20.9. The molecule has 0 saturated heterocycles. The number of carbonyl (C=O) groups is 2. The van der Waals surface area contributed by atoms with Gasteiger partial charge in [0.2, 0.25) is 0 Å². The number of nitro groups is 1. The van der Waals surface area contributed by atoms with Crippen LogP contribution < -0.4 is 10.9 Å². The lowest BCUT2D eigenvalue weighted by atomic mass is 10.2. The topological polar surface area (TPSA) is 128 Å². The summed E-state index contributed by atoms with van der Waals surface area (Å²) < 4.78 is 6.03. The molecule has 28 heavy (non-hydrogen) atoms. The average Bonchev–Trinajstić information content (AvgIpc) is 3.15. The Morgan fingerprint density at radius 1 is 1.25 bits per heavy atom. The second kappa shape index (κ2) is 8.98. The second-order valence-corrected chi connectivity index (χ2v) is 6.20. The maximum absolute atomic E-state index is 12.8. The van der Waals surface area contributed by atoms with Crippen molar-refractivity contribution in [2.75, 3.05) is 18.4 Å². The number of amides is 2. The first-order valence-corrected chi connectivity index (χ1v) is 8.84. The Morgan fingerprint density at radius 2 is 1.89 bits per heavy atom. The van der Waals surface area contributed by atoms with E-state index in [4.69, 9.17) is 4.42 Å². The van der Waals surface area contributed by atoms with Crippen LogP contribution in [0.15, 0.2) is 33.6 Å². The first-order chi connectivity index (χ1) is 13.3. The van der Waals surface area contributed by atoms with Crippen molar-refractivity contribution in [3.63, 3.8) is 0 Å². The van der Waals surface area contributed by atoms with E-state index in [2.05, 4.69) is 5.32 Å². The van der Waals surface area contributed by atoms with Gasteiger partial charge in [-0.1, -0.05) is 13.8 Å². The molecule has 2 aromatic rings. The molecule has 0 aliphatic rings. The van der Waals surface area contributed by atoms with Crippen LogP contribution in [0.2, 0.25) is 0 Å². The molecule has 10 heteroatoms. The zero-order valence-electron chi connectivity index (χ0n) is 15.9. The molecule has 2 aromatic heterocycles. The van der Waals surface area contributed by atoms with E-state index in [-0.39, 0.29) is 22.9 Å². The molecule has 1 N–H and O–H groups in total. The summed E-state index contributed by atoms with van der Waals surface area (Å²) >= 11 is 0. The van der Waals surface area contributed by atoms with Gasteiger partial charge in [0.05, 0.1) is 11.6 Å². The van der Waals surface area contributed by atoms with Crippen molar-refractivity contribution in [3.8, 4) is 0 Å². The van der Waals surface area contributed by atoms with Crippen LogP contribution in [0, 0.1) is 10.1 Å². The van der Waals surface area contributed by atoms with Gasteiger partial charge >= 0.3 is 5.88 Å². The van der Waals surface area contributed by atoms with Crippen molar-refractivity contribution in [1.82, 2.24) is 9.47 Å². The number of furan rings is 1. The minimum atomic E-state index is -0.825. The highest BCUT2D eigenvalue weighted by molar-refractivity contribution is 6.03. The predicted octanol–water partition coefficient (Wildman–Crippen LogP) is 2.40. The SMILES string of the molecule is CCCN(CCC)C(=O)c1cc(NC(=O)c2ccc([N+](=O)[O-])o2)c(=O)n(C)c1. The fourth-order valence-electron chi connectivity index (χ4n) is 2.69. The maximum atomic E-state index is 12.8. The number of anilines is 1. The van der Waals surface area contributed by atoms with Gasteiger partial charge < -0.3 is 19.2 Å². The zero-order valence-corrected chi connectivity index (χ0v) is 15.9. The predicted molar refractivity (Wildman–Crippen MR) is 101 cm³/mol. The van der Waals surface area contributed by atoms with E-state index >= 15 is 0 Å². The molecule has 2 rings (SSSR count). The van der Waals surface area contributed by atoms with E-state index in [0.29, 0.717) is 13.1 Å². The number of hydrogen-bond acceptors (Lipinski definition) is 6. The minimum absolute atomic E-state index is 0.120. The summed E-state index contributed by atoms with van der Waals surface area (Å²) in [5, 5.41) is 13.0. The van der Waals surface area contributed by atoms with Crippen LogP contribution >= 0.6 is 0 Å². The van der Waals surface area contributed by atoms with Gasteiger partial charge in [0, 0.05) is 26.3 Å². The van der Waals surface area contributed by atoms with E-state index in [1.54, 1.807) is 4.90 Å². The molecule has 10 nitrogen and oxygen atoms in total. The summed E-state index contributed by atoms with van der Waals surface area (Å²) in [6.45, 7) is 5.08. The van der Waals surface area contributed by atoms with Gasteiger partial charge in [-0.3, -0.25) is 24.5 Å². The highest BCUT2D eigenvalue weighted by Gasteiger charge is 2.21. The molecular weight excluding hydrogens is 368 g/mol. The lowest BCUT2D eigenvalue weighted by molar-refractivity contribution is -0.402. The van der Waals surface area contributed by atoms with E-state index in [0.717, 1.165) is 25.0 Å². The Bertz CT molecular complexity index is 940. The van der Waals surface area contributed by atoms with Crippen molar-refractivity contribution in [2.24, 2.45) is 7.05 Å². The molecule has 0 aliphatic heterocycles. The van der Waals surface area contributed by atoms with E-state index in [1.807, 2.05) is 13.8 Å². The van der Waals surface area contributed by atoms with Gasteiger partial charge in [-0.25, -0.2) is 0 Å². The van der Waals surface area contributed by atoms with E-state index in [1.165, 1.54) is 23.9 Å². The Morgan fingerprint density at radius 3 is 2.43 bits per heavy atom. The fraction of sp³-hybridized carbons (Fsp3) is 0.389. The van der Waals surface area contributed by atoms with Crippen LogP contribution in [-0.4, -0.2) is 39.3 Å². The maximum Gasteiger partial charge on any atom is 0.433 e. The molecule has 0 radical (unpaired) electrons. The van der Waals surface area contributed by atoms with Crippen LogP contribution in [0.5, 0.6) is 0 Å². The summed E-state index contributed by atoms with van der Waals surface area (Å²) in [6, 6.07) is 3.48. The number of carbonyl (C=O) groups excluding carboxylic acids is 2. The van der Waals surface area contributed by atoms with Gasteiger partial charge in [-0.2, -0.15) is 0 Å². The lowest BCUT2D eigenvalue weighted by Crippen LogP contribution is -2.34. The largest absolute Gasteiger partial charge is 0.433 e. The molecule has 0 bridgehead atoms. The Labute approximate surface area is 160 Å². The summed E-state index contributed by atoms with van der Waals surface area (Å²) in [5.74, 6) is -1.97. The Hall–Kier alpha value is -3.43. The summed E-state index contributed by atoms with van der Waals surface area (Å²) in [5.41, 5.74) is -0.390. The smallest absolute Gasteiger partial charge is 0.395 e. The first-order valence-electron chi connectivity index (χ1n) is 8.84. The van der Waals surface area contributed by atoms with Gasteiger partial charge in [0.25, 0.3) is 17.4 Å². The number of hydrogen-bond donors (Lipinski definition) is 1. The normalized spacial score (nSPS) is 10.5. The van der Waals surface area contributed by atoms with Crippen LogP contribution in [0.3, 0.4) is 0 Å². The number of pyridine rings is 1. The van der Waals surface area contributed by atoms with Gasteiger partial charge in [0.15, 0.2) is 5.76 Å². The molecule has 0 aromatic carbocycles. The highest BCUT2D eigenvalue weighted by Crippen LogP contribution is 2.17. The molecule has 2 amide bonds. The number of nitrogens with one attached hydrogen (secondary N) is 1. The highest BCUT2D eigenvalue weighted by atomic mass is 16.6. The molecular formula is C18H22N4O6. The Balaban J connectivity index is 2.31. The molecule has 0 fully saturated rings. The van der Waals surface area contributed by atoms with Crippen LogP contribution in [0.1, 0.15) is 47.6 Å². The van der Waals surface area contributed by atoms with Crippen molar-refractivity contribution >= 4 is 23.4 Å². The second-order valence-electron chi connectivity index (χ2n) is 6.20. The standard InChI is InChI=1S/C18H22N4O6/c1-4-8-21(9-5-2)17(24)12-10-13(18(25)20(3)11-12)19-16(23)14-6-7-15(28-14)22(26)27/h6-7,10-11H,4-5,8-9H2,1-3H3,(H,19,23). The Kier molecular flexibility index (Phi) is 6.69. The van der Waals surface area contributed by atoms with Gasteiger partial charge in [-0.15, -0.1) is 0 Å². The lowest BCUT2D eigenvalue weighted by Gasteiger charge is -2.22. The molecule has 0 spiro atoms. The number of aromatic nitrogens is 1. The van der Waals surface area contributed by atoms with E-state index < -0.39 is 22.3 Å². The summed E-state index contributed by atoms with van der Waals surface area (Å²) in [7, 11) is 1.47. The van der Waals surface area contributed by atoms with Crippen molar-refractivity contribution in [1.29, 1.82) is 0 Å². The van der Waals surface area contributed by atoms with Crippen LogP contribution in [0.25, 0.3) is 0 Å². The number of nitrogens with zero attached hydrogens (tertiary/aromatic N) is 3. The minimum Gasteiger partial charge on any atom is -0.395 e. The molecule has 150 valence electrons.